The van der Waals surface area contributed by atoms with Gasteiger partial charge in [0.2, 0.25) is 0 Å². The number of nitrogens with one attached hydrogen (secondary N) is 1. The molecule has 2 aromatic heterocycles. The smallest absolute Gasteiger partial charge is 0.395 e. The average Bonchev–Trinajstić information content (AvgIpc) is 3.10. The minimum absolute atomic E-state index is 0.0322. The molecular formula is C20H17F3N4S. The summed E-state index contributed by atoms with van der Waals surface area (Å²) in [6.45, 7) is 3.90. The zero-order valence-corrected chi connectivity index (χ0v) is 15.7. The van der Waals surface area contributed by atoms with Crippen molar-refractivity contribution in [3.63, 3.8) is 0 Å². The maximum Gasteiger partial charge on any atom is 0.430 e. The summed E-state index contributed by atoms with van der Waals surface area (Å²) in [5.41, 5.74) is 7.05. The number of aliphatic imine (C=N–C) groups is 1. The Morgan fingerprint density at radius 2 is 1.93 bits per heavy atom. The van der Waals surface area contributed by atoms with Gasteiger partial charge in [-0.1, -0.05) is 36.9 Å². The Hall–Kier alpha value is -3.13. The van der Waals surface area contributed by atoms with Crippen molar-refractivity contribution in [1.82, 2.24) is 10.3 Å². The molecule has 1 aromatic carbocycles. The van der Waals surface area contributed by atoms with Gasteiger partial charge in [0.05, 0.1) is 15.1 Å². The number of benzene rings is 1. The number of amidine groups is 1. The predicted octanol–water partition coefficient (Wildman–Crippen LogP) is 4.96. The summed E-state index contributed by atoms with van der Waals surface area (Å²) in [6, 6.07) is 13.7. The molecule has 3 rings (SSSR count). The van der Waals surface area contributed by atoms with Gasteiger partial charge in [0.1, 0.15) is 11.5 Å². The molecule has 0 aliphatic heterocycles. The van der Waals surface area contributed by atoms with Crippen LogP contribution < -0.4 is 11.1 Å². The van der Waals surface area contributed by atoms with Gasteiger partial charge in [-0.15, -0.1) is 11.3 Å². The van der Waals surface area contributed by atoms with Gasteiger partial charge in [-0.3, -0.25) is 9.98 Å². The van der Waals surface area contributed by atoms with E-state index >= 15 is 0 Å². The van der Waals surface area contributed by atoms with E-state index in [1.54, 1.807) is 6.20 Å². The fraction of sp³-hybridized carbons (Fsp3) is 0.100. The van der Waals surface area contributed by atoms with Crippen molar-refractivity contribution in [2.75, 3.05) is 7.05 Å². The van der Waals surface area contributed by atoms with Crippen LogP contribution in [0, 0.1) is 0 Å². The number of fused-ring (bicyclic) bond motifs is 1. The summed E-state index contributed by atoms with van der Waals surface area (Å²) >= 11 is 1.44. The molecule has 144 valence electrons. The molecule has 3 N–H and O–H groups in total. The first kappa shape index (κ1) is 19.6. The first-order chi connectivity index (χ1) is 13.3. The summed E-state index contributed by atoms with van der Waals surface area (Å²) in [7, 11) is 1.37. The van der Waals surface area contributed by atoms with E-state index in [0.29, 0.717) is 5.70 Å². The Kier molecular flexibility index (Phi) is 5.51. The van der Waals surface area contributed by atoms with Gasteiger partial charge in [-0.25, -0.2) is 0 Å². The number of aromatic nitrogens is 1. The Balaban J connectivity index is 1.84. The van der Waals surface area contributed by atoms with E-state index in [2.05, 4.69) is 21.9 Å². The lowest BCUT2D eigenvalue weighted by Gasteiger charge is -2.10. The summed E-state index contributed by atoms with van der Waals surface area (Å²) in [5, 5.41) is 2.77. The molecular weight excluding hydrogens is 385 g/mol. The maximum atomic E-state index is 12.6. The highest BCUT2D eigenvalue weighted by atomic mass is 32.1. The third-order valence-electron chi connectivity index (χ3n) is 3.91. The Labute approximate surface area is 163 Å². The minimum atomic E-state index is -4.62. The van der Waals surface area contributed by atoms with Crippen molar-refractivity contribution in [3.8, 4) is 11.1 Å². The van der Waals surface area contributed by atoms with Crippen molar-refractivity contribution in [2.45, 2.75) is 6.18 Å². The van der Waals surface area contributed by atoms with Crippen molar-refractivity contribution in [3.05, 3.63) is 71.9 Å². The van der Waals surface area contributed by atoms with E-state index in [-0.39, 0.29) is 5.84 Å². The molecule has 0 saturated heterocycles. The van der Waals surface area contributed by atoms with Crippen LogP contribution in [0.2, 0.25) is 0 Å². The van der Waals surface area contributed by atoms with E-state index in [0.717, 1.165) is 32.3 Å². The van der Waals surface area contributed by atoms with Crippen LogP contribution in [0.25, 0.3) is 27.0 Å². The number of thiophene rings is 1. The average molecular weight is 402 g/mol. The third kappa shape index (κ3) is 4.40. The molecule has 0 bridgehead atoms. The minimum Gasteiger partial charge on any atom is -0.395 e. The zero-order chi connectivity index (χ0) is 20.3. The largest absolute Gasteiger partial charge is 0.430 e. The molecule has 28 heavy (non-hydrogen) atoms. The predicted molar refractivity (Wildman–Crippen MR) is 109 cm³/mol. The van der Waals surface area contributed by atoms with Crippen molar-refractivity contribution >= 4 is 33.1 Å². The molecule has 0 amide bonds. The number of halogens is 3. The normalized spacial score (nSPS) is 13.0. The fourth-order valence-electron chi connectivity index (χ4n) is 2.46. The van der Waals surface area contributed by atoms with Gasteiger partial charge in [0, 0.05) is 30.6 Å². The molecule has 0 spiro atoms. The summed E-state index contributed by atoms with van der Waals surface area (Å²) in [5.74, 6) is -0.0322. The molecule has 2 heterocycles. The van der Waals surface area contributed by atoms with E-state index in [9.17, 15) is 13.2 Å². The van der Waals surface area contributed by atoms with Crippen molar-refractivity contribution < 1.29 is 13.2 Å². The lowest BCUT2D eigenvalue weighted by Crippen LogP contribution is -2.25. The summed E-state index contributed by atoms with van der Waals surface area (Å²) in [4.78, 5) is 9.01. The number of nitrogens with zero attached hydrogens (tertiary/aromatic N) is 2. The van der Waals surface area contributed by atoms with E-state index < -0.39 is 11.9 Å². The Morgan fingerprint density at radius 1 is 1.21 bits per heavy atom. The second kappa shape index (κ2) is 7.85. The van der Waals surface area contributed by atoms with Crippen LogP contribution in [-0.2, 0) is 0 Å². The number of hydrogen-bond donors (Lipinski definition) is 2. The Morgan fingerprint density at radius 3 is 2.57 bits per heavy atom. The lowest BCUT2D eigenvalue weighted by atomic mass is 10.1. The first-order valence-corrected chi connectivity index (χ1v) is 9.02. The van der Waals surface area contributed by atoms with E-state index in [1.165, 1.54) is 18.4 Å². The second-order valence-corrected chi connectivity index (χ2v) is 6.98. The molecule has 4 nitrogen and oxygen atoms in total. The van der Waals surface area contributed by atoms with Gasteiger partial charge < -0.3 is 11.1 Å². The van der Waals surface area contributed by atoms with Crippen LogP contribution >= 0.6 is 11.3 Å². The topological polar surface area (TPSA) is 63.3 Å². The first-order valence-electron chi connectivity index (χ1n) is 8.20. The van der Waals surface area contributed by atoms with Gasteiger partial charge >= 0.3 is 6.18 Å². The molecule has 0 atom stereocenters. The van der Waals surface area contributed by atoms with E-state index in [4.69, 9.17) is 5.73 Å². The van der Waals surface area contributed by atoms with Crippen molar-refractivity contribution in [2.24, 2.45) is 10.7 Å². The molecule has 3 aromatic rings. The van der Waals surface area contributed by atoms with Crippen LogP contribution in [0.3, 0.4) is 0 Å². The van der Waals surface area contributed by atoms with Gasteiger partial charge in [-0.05, 0) is 17.7 Å². The number of alkyl halides is 3. The summed E-state index contributed by atoms with van der Waals surface area (Å²) in [6.07, 6.45) is -2.09. The van der Waals surface area contributed by atoms with Gasteiger partial charge in [0.15, 0.2) is 0 Å². The molecule has 0 saturated carbocycles. The molecule has 0 aliphatic rings. The standard InChI is InChI=1S/C20H17F3N4S/c1-12(27-19(25-2)10-18(24)20(21,22)23)16-9-15-17(28-16)8-14(11-26-15)13-6-4-3-5-7-13/h3-11H,1,24H2,2H3,(H,25,27)/b18-10-. The maximum absolute atomic E-state index is 12.6. The quantitative estimate of drug-likeness (QED) is 0.479. The molecule has 0 unspecified atom stereocenters. The highest BCUT2D eigenvalue weighted by molar-refractivity contribution is 7.20. The third-order valence-corrected chi connectivity index (χ3v) is 5.04. The monoisotopic (exact) mass is 402 g/mol. The number of pyridine rings is 1. The summed E-state index contributed by atoms with van der Waals surface area (Å²) < 4.78 is 38.8. The second-order valence-electron chi connectivity index (χ2n) is 5.89. The SMILES string of the molecule is C=C(NC(/C=C(\N)C(F)(F)F)=NC)c1cc2ncc(-c3ccccc3)cc2s1. The van der Waals surface area contributed by atoms with E-state index in [1.807, 2.05) is 42.5 Å². The lowest BCUT2D eigenvalue weighted by molar-refractivity contribution is -0.0925. The number of nitrogens with two attached hydrogens (primary N) is 1. The fourth-order valence-corrected chi connectivity index (χ4v) is 3.44. The molecule has 0 fully saturated rings. The van der Waals surface area contributed by atoms with Crippen LogP contribution in [0.5, 0.6) is 0 Å². The molecule has 8 heteroatoms. The highest BCUT2D eigenvalue weighted by Crippen LogP contribution is 2.31. The van der Waals surface area contributed by atoms with Gasteiger partial charge in [-0.2, -0.15) is 13.2 Å². The molecule has 0 radical (unpaired) electrons. The van der Waals surface area contributed by atoms with Gasteiger partial charge in [0.25, 0.3) is 0 Å². The van der Waals surface area contributed by atoms with Crippen LogP contribution in [0.15, 0.2) is 72.0 Å². The highest BCUT2D eigenvalue weighted by Gasteiger charge is 2.31. The molecule has 0 aliphatic carbocycles. The van der Waals surface area contributed by atoms with Crippen LogP contribution in [-0.4, -0.2) is 24.0 Å². The zero-order valence-electron chi connectivity index (χ0n) is 14.9. The number of allylic oxidation sites excluding steroid dienone is 1. The van der Waals surface area contributed by atoms with Crippen molar-refractivity contribution in [1.29, 1.82) is 0 Å². The van der Waals surface area contributed by atoms with Crippen LogP contribution in [0.1, 0.15) is 4.88 Å². The Bertz CT molecular complexity index is 1070. The number of rotatable bonds is 4. The number of hydrogen-bond acceptors (Lipinski definition) is 4. The van der Waals surface area contributed by atoms with Crippen LogP contribution in [0.4, 0.5) is 13.2 Å².